The van der Waals surface area contributed by atoms with Crippen LogP contribution in [0.25, 0.3) is 0 Å². The van der Waals surface area contributed by atoms with Crippen LogP contribution < -0.4 is 4.90 Å². The molecule has 2 aliphatic heterocycles. The number of hydrogen-bond acceptors (Lipinski definition) is 6. The van der Waals surface area contributed by atoms with Crippen LogP contribution in [0.3, 0.4) is 0 Å². The normalized spacial score (nSPS) is 18.6. The second kappa shape index (κ2) is 18.6. The number of anilines is 1. The van der Waals surface area contributed by atoms with Crippen molar-refractivity contribution >= 4 is 52.3 Å². The first-order valence-corrected chi connectivity index (χ1v) is 22.8. The highest BCUT2D eigenvalue weighted by molar-refractivity contribution is 7.80. The van der Waals surface area contributed by atoms with E-state index in [2.05, 4.69) is 75.6 Å². The number of fused-ring (bicyclic) bond motifs is 2. The van der Waals surface area contributed by atoms with Crippen molar-refractivity contribution in [2.24, 2.45) is 5.92 Å². The van der Waals surface area contributed by atoms with Crippen LogP contribution in [0.5, 0.6) is 0 Å². The van der Waals surface area contributed by atoms with Crippen LogP contribution in [-0.4, -0.2) is 88.6 Å². The van der Waals surface area contributed by atoms with Crippen LogP contribution in [0.1, 0.15) is 104 Å². The van der Waals surface area contributed by atoms with Gasteiger partial charge in [0, 0.05) is 83.9 Å². The van der Waals surface area contributed by atoms with Gasteiger partial charge >= 0.3 is 0 Å². The lowest BCUT2D eigenvalue weighted by molar-refractivity contribution is -0.401. The van der Waals surface area contributed by atoms with Crippen molar-refractivity contribution in [3.05, 3.63) is 177 Å². The Labute approximate surface area is 384 Å². The predicted molar refractivity (Wildman–Crippen MR) is 263 cm³/mol. The fourth-order valence-electron chi connectivity index (χ4n) is 9.82. The van der Waals surface area contributed by atoms with Gasteiger partial charge < -0.3 is 24.6 Å². The number of carbonyl (C=O) groups is 3. The largest absolute Gasteiger partial charge is 0.372 e. The summed E-state index contributed by atoms with van der Waals surface area (Å²) in [5, 5.41) is 12.7. The minimum absolute atomic E-state index is 0.0136. The van der Waals surface area contributed by atoms with Crippen LogP contribution in [0.15, 0.2) is 144 Å². The van der Waals surface area contributed by atoms with Gasteiger partial charge in [0.15, 0.2) is 22.4 Å². The molecule has 9 heteroatoms. The molecule has 0 amide bonds. The molecule has 330 valence electrons. The molecule has 0 aromatic heterocycles. The van der Waals surface area contributed by atoms with Gasteiger partial charge in [-0.25, -0.2) is 0 Å². The molecular weight excluding hydrogens is 813 g/mol. The van der Waals surface area contributed by atoms with Crippen molar-refractivity contribution < 1.29 is 24.1 Å². The van der Waals surface area contributed by atoms with Gasteiger partial charge in [-0.3, -0.25) is 9.59 Å². The van der Waals surface area contributed by atoms with E-state index in [0.29, 0.717) is 40.5 Å². The Kier molecular flexibility index (Phi) is 13.4. The molecule has 0 radical (unpaired) electrons. The SMILES string of the molecule is CCN(C)C(=S)N(CC)C(O)C(C=O)C1=C(/C=C/C2=[N+](C)c3ccc(C(=O)c4ccccc4)cc3C2(C)C)CCC/C1=C\C=C1\N(C)c2ccc(C(=O)c3ccccc3)cc2C1(C)C. The maximum Gasteiger partial charge on any atom is 0.209 e. The average molecular weight is 874 g/mol. The van der Waals surface area contributed by atoms with Gasteiger partial charge in [-0.15, -0.1) is 0 Å². The highest BCUT2D eigenvalue weighted by Gasteiger charge is 2.44. The number of benzene rings is 4. The van der Waals surface area contributed by atoms with Crippen molar-refractivity contribution in [2.45, 2.75) is 77.9 Å². The molecule has 2 unspecified atom stereocenters. The van der Waals surface area contributed by atoms with E-state index in [1.807, 2.05) is 123 Å². The Hall–Kier alpha value is -6.03. The molecule has 4 aromatic rings. The Bertz CT molecular complexity index is 2650. The summed E-state index contributed by atoms with van der Waals surface area (Å²) in [5.41, 5.74) is 10.8. The number of aldehydes is 1. The van der Waals surface area contributed by atoms with Crippen molar-refractivity contribution in [3.8, 4) is 0 Å². The number of carbonyl (C=O) groups excluding carboxylic acids is 3. The Morgan fingerprint density at radius 2 is 1.39 bits per heavy atom. The van der Waals surface area contributed by atoms with E-state index in [9.17, 15) is 19.5 Å². The Morgan fingerprint density at radius 3 is 1.97 bits per heavy atom. The summed E-state index contributed by atoms with van der Waals surface area (Å²) >= 11 is 5.86. The van der Waals surface area contributed by atoms with E-state index in [-0.39, 0.29) is 11.6 Å². The summed E-state index contributed by atoms with van der Waals surface area (Å²) in [6, 6.07) is 30.6. The van der Waals surface area contributed by atoms with Crippen LogP contribution in [0, 0.1) is 5.92 Å². The number of rotatable bonds is 13. The van der Waals surface area contributed by atoms with Crippen molar-refractivity contribution in [1.29, 1.82) is 0 Å². The molecule has 1 N–H and O–H groups in total. The van der Waals surface area contributed by atoms with Gasteiger partial charge in [0.1, 0.15) is 19.6 Å². The summed E-state index contributed by atoms with van der Waals surface area (Å²) in [6.07, 6.45) is 10.5. The predicted octanol–water partition coefficient (Wildman–Crippen LogP) is 10.1. The van der Waals surface area contributed by atoms with Crippen molar-refractivity contribution in [2.75, 3.05) is 39.1 Å². The molecule has 2 atom stereocenters. The number of aliphatic hydroxyl groups excluding tert-OH is 1. The number of nitrogens with zero attached hydrogens (tertiary/aromatic N) is 4. The minimum atomic E-state index is -1.20. The zero-order valence-electron chi connectivity index (χ0n) is 38.7. The maximum atomic E-state index is 13.5. The molecule has 2 heterocycles. The lowest BCUT2D eigenvalue weighted by atomic mass is 9.77. The second-order valence-corrected chi connectivity index (χ2v) is 18.5. The number of thiocarbonyl (C=S) groups is 1. The van der Waals surface area contributed by atoms with E-state index in [1.54, 1.807) is 4.90 Å². The molecule has 0 saturated heterocycles. The standard InChI is InChI=1S/C55H61N4O4S/c1-10-56(7)53(64)59(11-2)52(63)42(35-60)49-36(27-31-47-54(3,4)43-33-40(25-29-45(43)57(47)8)50(61)38-19-14-12-15-20-38)23-18-24-37(49)28-32-48-55(5,6)44-34-41(26-30-46(44)58(48)9)51(62)39-21-16-13-17-22-39/h12-17,19-22,25-35,42,52,63H,10-11,18,23-24H2,1-9H3/q+1. The first-order valence-electron chi connectivity index (χ1n) is 22.4. The second-order valence-electron chi connectivity index (χ2n) is 18.1. The van der Waals surface area contributed by atoms with Gasteiger partial charge in [0.05, 0.1) is 11.3 Å². The maximum absolute atomic E-state index is 13.5. The molecule has 0 bridgehead atoms. The van der Waals surface area contributed by atoms with Crippen molar-refractivity contribution in [1.82, 2.24) is 9.80 Å². The van der Waals surface area contributed by atoms with Crippen LogP contribution in [0.2, 0.25) is 0 Å². The zero-order valence-corrected chi connectivity index (χ0v) is 39.5. The van der Waals surface area contributed by atoms with Crippen LogP contribution in [-0.2, 0) is 15.6 Å². The van der Waals surface area contributed by atoms with Crippen molar-refractivity contribution in [3.63, 3.8) is 0 Å². The molecule has 0 saturated carbocycles. The topological polar surface area (TPSA) is 84.2 Å². The summed E-state index contributed by atoms with van der Waals surface area (Å²) in [6.45, 7) is 13.7. The van der Waals surface area contributed by atoms with E-state index < -0.39 is 23.0 Å². The molecule has 7 rings (SSSR count). The van der Waals surface area contributed by atoms with Gasteiger partial charge in [0.2, 0.25) is 5.69 Å². The molecule has 64 heavy (non-hydrogen) atoms. The summed E-state index contributed by atoms with van der Waals surface area (Å²) < 4.78 is 2.19. The monoisotopic (exact) mass is 873 g/mol. The first kappa shape index (κ1) is 46.0. The minimum Gasteiger partial charge on any atom is -0.372 e. The van der Waals surface area contributed by atoms with Gasteiger partial charge in [0.25, 0.3) is 0 Å². The summed E-state index contributed by atoms with van der Waals surface area (Å²) in [4.78, 5) is 46.4. The van der Waals surface area contributed by atoms with E-state index in [4.69, 9.17) is 12.2 Å². The number of likely N-dealkylation sites (N-methyl/N-ethyl adjacent to an activating group) is 1. The third-order valence-electron chi connectivity index (χ3n) is 13.6. The Balaban J connectivity index is 1.30. The number of aliphatic hydroxyl groups is 1. The van der Waals surface area contributed by atoms with Gasteiger partial charge in [-0.05, 0) is 118 Å². The summed E-state index contributed by atoms with van der Waals surface area (Å²) in [5.74, 6) is -0.922. The van der Waals surface area contributed by atoms with E-state index >= 15 is 0 Å². The highest BCUT2D eigenvalue weighted by Crippen LogP contribution is 2.48. The first-order chi connectivity index (χ1) is 30.6. The van der Waals surface area contributed by atoms with Gasteiger partial charge in [-0.1, -0.05) is 86.7 Å². The molecular formula is C55H61N4O4S+. The lowest BCUT2D eigenvalue weighted by Gasteiger charge is -2.38. The number of ketones is 2. The Morgan fingerprint density at radius 1 is 0.797 bits per heavy atom. The fourth-order valence-corrected chi connectivity index (χ4v) is 10.2. The highest BCUT2D eigenvalue weighted by atomic mass is 32.1. The van der Waals surface area contributed by atoms with Crippen LogP contribution >= 0.6 is 12.2 Å². The summed E-state index contributed by atoms with van der Waals surface area (Å²) in [7, 11) is 6.01. The zero-order chi connectivity index (χ0) is 46.1. The quantitative estimate of drug-likeness (QED) is 0.0468. The molecule has 0 fully saturated rings. The molecule has 3 aliphatic rings. The third kappa shape index (κ3) is 8.39. The smallest absolute Gasteiger partial charge is 0.209 e. The van der Waals surface area contributed by atoms with Crippen LogP contribution in [0.4, 0.5) is 11.4 Å². The third-order valence-corrected chi connectivity index (χ3v) is 14.2. The molecule has 1 aliphatic carbocycles. The number of allylic oxidation sites excluding steroid dienone is 7. The average Bonchev–Trinajstić information content (AvgIpc) is 3.62. The number of hydrogen-bond donors (Lipinski definition) is 1. The molecule has 4 aromatic carbocycles. The van der Waals surface area contributed by atoms with Gasteiger partial charge in [-0.2, -0.15) is 4.58 Å². The lowest BCUT2D eigenvalue weighted by Crippen LogP contribution is -2.50. The molecule has 8 nitrogen and oxygen atoms in total. The molecule has 0 spiro atoms. The fraction of sp³-hybridized carbons (Fsp3) is 0.327. The van der Waals surface area contributed by atoms with E-state index in [1.165, 1.54) is 0 Å². The van der Waals surface area contributed by atoms with E-state index in [0.717, 1.165) is 76.2 Å².